The molecular formula is C21H18N4O4S. The van der Waals surface area contributed by atoms with E-state index < -0.39 is 10.8 Å². The fraction of sp³-hybridized carbons (Fsp3) is 0.0952. The predicted octanol–water partition coefficient (Wildman–Crippen LogP) is 4.37. The molecule has 2 amide bonds. The van der Waals surface area contributed by atoms with Crippen LogP contribution in [0.4, 0.5) is 11.4 Å². The molecule has 0 fully saturated rings. The van der Waals surface area contributed by atoms with Crippen molar-refractivity contribution >= 4 is 40.2 Å². The average Bonchev–Trinajstić information content (AvgIpc) is 3.26. The molecule has 0 unspecified atom stereocenters. The van der Waals surface area contributed by atoms with Gasteiger partial charge in [0.05, 0.1) is 15.5 Å². The molecule has 0 radical (unpaired) electrons. The average molecular weight is 422 g/mol. The summed E-state index contributed by atoms with van der Waals surface area (Å²) in [6.07, 6.45) is 0. The Morgan fingerprint density at radius 2 is 1.83 bits per heavy atom. The first kappa shape index (κ1) is 20.9. The zero-order chi connectivity index (χ0) is 21.7. The fourth-order valence-corrected chi connectivity index (χ4v) is 3.31. The van der Waals surface area contributed by atoms with Crippen LogP contribution < -0.4 is 10.7 Å². The van der Waals surface area contributed by atoms with E-state index in [2.05, 4.69) is 15.8 Å². The third kappa shape index (κ3) is 4.95. The molecule has 152 valence electrons. The summed E-state index contributed by atoms with van der Waals surface area (Å²) in [5.74, 6) is -0.673. The minimum Gasteiger partial charge on any atom is -0.321 e. The van der Waals surface area contributed by atoms with Crippen LogP contribution in [0.5, 0.6) is 0 Å². The van der Waals surface area contributed by atoms with Crippen molar-refractivity contribution in [1.82, 2.24) is 5.43 Å². The molecule has 1 heterocycles. The number of benzene rings is 2. The summed E-state index contributed by atoms with van der Waals surface area (Å²) < 4.78 is 0. The van der Waals surface area contributed by atoms with Crippen LogP contribution in [-0.4, -0.2) is 22.4 Å². The number of carbonyl (C=O) groups is 2. The van der Waals surface area contributed by atoms with Gasteiger partial charge in [-0.05, 0) is 55.1 Å². The molecule has 9 heteroatoms. The summed E-state index contributed by atoms with van der Waals surface area (Å²) in [4.78, 5) is 35.5. The number of nitrogens with zero attached hydrogens (tertiary/aromatic N) is 2. The third-order valence-corrected chi connectivity index (χ3v) is 5.13. The van der Waals surface area contributed by atoms with Crippen molar-refractivity contribution < 1.29 is 14.5 Å². The quantitative estimate of drug-likeness (QED) is 0.349. The molecule has 0 saturated heterocycles. The number of thiophene rings is 1. The maximum atomic E-state index is 12.3. The third-order valence-electron chi connectivity index (χ3n) is 4.26. The van der Waals surface area contributed by atoms with Crippen LogP contribution in [0.25, 0.3) is 0 Å². The Labute approximate surface area is 176 Å². The molecule has 0 saturated carbocycles. The van der Waals surface area contributed by atoms with E-state index in [0.717, 1.165) is 5.56 Å². The summed E-state index contributed by atoms with van der Waals surface area (Å²) in [5, 5.41) is 19.6. The van der Waals surface area contributed by atoms with E-state index in [4.69, 9.17) is 0 Å². The van der Waals surface area contributed by atoms with Crippen molar-refractivity contribution in [2.45, 2.75) is 13.8 Å². The van der Waals surface area contributed by atoms with Crippen molar-refractivity contribution in [1.29, 1.82) is 0 Å². The molecule has 30 heavy (non-hydrogen) atoms. The van der Waals surface area contributed by atoms with Crippen LogP contribution in [0.1, 0.15) is 38.1 Å². The minimum absolute atomic E-state index is 0.0485. The lowest BCUT2D eigenvalue weighted by molar-refractivity contribution is -0.385. The van der Waals surface area contributed by atoms with Crippen LogP contribution in [0.3, 0.4) is 0 Å². The number of carbonyl (C=O) groups excluding carboxylic acids is 2. The number of aryl methyl sites for hydroxylation is 1. The standard InChI is InChI=1S/C21H18N4O4S/c1-13-11-16(8-9-18(13)25(28)29)20(26)24-23-14(2)15-5-3-6-17(12-15)22-21(27)19-7-4-10-30-19/h3-12H,1-2H3,(H,22,27)(H,24,26). The lowest BCUT2D eigenvalue weighted by Crippen LogP contribution is -2.19. The van der Waals surface area contributed by atoms with E-state index in [0.29, 0.717) is 21.8 Å². The van der Waals surface area contributed by atoms with Gasteiger partial charge in [-0.2, -0.15) is 5.10 Å². The second kappa shape index (κ2) is 9.10. The summed E-state index contributed by atoms with van der Waals surface area (Å²) in [6.45, 7) is 3.29. The van der Waals surface area contributed by atoms with Gasteiger partial charge in [0.1, 0.15) is 0 Å². The van der Waals surface area contributed by atoms with Crippen LogP contribution in [0, 0.1) is 17.0 Å². The van der Waals surface area contributed by atoms with Crippen LogP contribution in [0.15, 0.2) is 65.1 Å². The van der Waals surface area contributed by atoms with Crippen molar-refractivity contribution in [2.24, 2.45) is 5.10 Å². The number of anilines is 1. The van der Waals surface area contributed by atoms with Crippen LogP contribution in [-0.2, 0) is 0 Å². The maximum Gasteiger partial charge on any atom is 0.272 e. The minimum atomic E-state index is -0.496. The molecule has 2 N–H and O–H groups in total. The Kier molecular flexibility index (Phi) is 6.33. The highest BCUT2D eigenvalue weighted by atomic mass is 32.1. The number of hydrogen-bond acceptors (Lipinski definition) is 6. The molecule has 1 aromatic heterocycles. The molecule has 0 aliphatic heterocycles. The molecule has 0 aliphatic rings. The van der Waals surface area contributed by atoms with Crippen molar-refractivity contribution in [3.63, 3.8) is 0 Å². The Hall–Kier alpha value is -3.85. The van der Waals surface area contributed by atoms with Gasteiger partial charge in [-0.1, -0.05) is 18.2 Å². The molecule has 2 aromatic carbocycles. The van der Waals surface area contributed by atoms with Gasteiger partial charge in [0.15, 0.2) is 0 Å². The number of nitro groups is 1. The zero-order valence-electron chi connectivity index (χ0n) is 16.2. The van der Waals surface area contributed by atoms with Gasteiger partial charge in [-0.25, -0.2) is 5.43 Å². The SMILES string of the molecule is CC(=NNC(=O)c1ccc([N+](=O)[O-])c(C)c1)c1cccc(NC(=O)c2cccs2)c1. The number of hydrogen-bond donors (Lipinski definition) is 2. The first-order valence-corrected chi connectivity index (χ1v) is 9.78. The van der Waals surface area contributed by atoms with E-state index in [1.54, 1.807) is 38.1 Å². The smallest absolute Gasteiger partial charge is 0.272 e. The van der Waals surface area contributed by atoms with Gasteiger partial charge in [0, 0.05) is 22.9 Å². The van der Waals surface area contributed by atoms with Gasteiger partial charge in [-0.15, -0.1) is 11.3 Å². The molecular weight excluding hydrogens is 404 g/mol. The van der Waals surface area contributed by atoms with E-state index >= 15 is 0 Å². The molecule has 3 rings (SSSR count). The molecule has 3 aromatic rings. The normalized spacial score (nSPS) is 11.1. The fourth-order valence-electron chi connectivity index (χ4n) is 2.69. The second-order valence-corrected chi connectivity index (χ2v) is 7.36. The number of nitrogens with one attached hydrogen (secondary N) is 2. The summed E-state index contributed by atoms with van der Waals surface area (Å²) in [7, 11) is 0. The van der Waals surface area contributed by atoms with Crippen molar-refractivity contribution in [3.8, 4) is 0 Å². The number of nitro benzene ring substituents is 1. The Bertz CT molecular complexity index is 1140. The van der Waals surface area contributed by atoms with Crippen molar-refractivity contribution in [2.75, 3.05) is 5.32 Å². The molecule has 0 bridgehead atoms. The Morgan fingerprint density at radius 1 is 1.03 bits per heavy atom. The summed E-state index contributed by atoms with van der Waals surface area (Å²) in [5.41, 5.74) is 4.93. The molecule has 0 atom stereocenters. The highest BCUT2D eigenvalue weighted by molar-refractivity contribution is 7.12. The first-order chi connectivity index (χ1) is 14.3. The topological polar surface area (TPSA) is 114 Å². The van der Waals surface area contributed by atoms with Gasteiger partial charge in [-0.3, -0.25) is 19.7 Å². The summed E-state index contributed by atoms with van der Waals surface area (Å²) >= 11 is 1.35. The van der Waals surface area contributed by atoms with E-state index in [9.17, 15) is 19.7 Å². The Balaban J connectivity index is 1.69. The molecule has 0 aliphatic carbocycles. The van der Waals surface area contributed by atoms with Crippen molar-refractivity contribution in [3.05, 3.63) is 91.7 Å². The predicted molar refractivity (Wildman–Crippen MR) is 116 cm³/mol. The largest absolute Gasteiger partial charge is 0.321 e. The number of rotatable bonds is 6. The van der Waals surface area contributed by atoms with E-state index in [1.807, 2.05) is 17.5 Å². The van der Waals surface area contributed by atoms with Gasteiger partial charge in [0.25, 0.3) is 17.5 Å². The monoisotopic (exact) mass is 422 g/mol. The Morgan fingerprint density at radius 3 is 2.50 bits per heavy atom. The van der Waals surface area contributed by atoms with Crippen LogP contribution in [0.2, 0.25) is 0 Å². The first-order valence-electron chi connectivity index (χ1n) is 8.90. The van der Waals surface area contributed by atoms with Gasteiger partial charge in [0.2, 0.25) is 0 Å². The lowest BCUT2D eigenvalue weighted by atomic mass is 10.1. The highest BCUT2D eigenvalue weighted by Crippen LogP contribution is 2.19. The van der Waals surface area contributed by atoms with Crippen LogP contribution >= 0.6 is 11.3 Å². The van der Waals surface area contributed by atoms with E-state index in [-0.39, 0.29) is 17.2 Å². The number of amides is 2. The van der Waals surface area contributed by atoms with Gasteiger partial charge < -0.3 is 5.32 Å². The molecule has 8 nitrogen and oxygen atoms in total. The molecule has 0 spiro atoms. The summed E-state index contributed by atoms with van der Waals surface area (Å²) in [6, 6.07) is 14.8. The second-order valence-electron chi connectivity index (χ2n) is 6.41. The van der Waals surface area contributed by atoms with Gasteiger partial charge >= 0.3 is 0 Å². The zero-order valence-corrected chi connectivity index (χ0v) is 17.0. The maximum absolute atomic E-state index is 12.3. The highest BCUT2D eigenvalue weighted by Gasteiger charge is 2.14. The number of hydrazone groups is 1. The lowest BCUT2D eigenvalue weighted by Gasteiger charge is -2.07. The van der Waals surface area contributed by atoms with E-state index in [1.165, 1.54) is 29.5 Å².